The van der Waals surface area contributed by atoms with Gasteiger partial charge in [-0.3, -0.25) is 0 Å². The highest BCUT2D eigenvalue weighted by molar-refractivity contribution is 5.35. The van der Waals surface area contributed by atoms with Gasteiger partial charge in [0.2, 0.25) is 0 Å². The first kappa shape index (κ1) is 15.6. The molecule has 2 nitrogen and oxygen atoms in total. The van der Waals surface area contributed by atoms with Crippen molar-refractivity contribution in [2.45, 2.75) is 39.7 Å². The normalized spacial score (nSPS) is 12.2. The maximum atomic E-state index is 6.40. The minimum atomic E-state index is 0.0691. The van der Waals surface area contributed by atoms with Gasteiger partial charge in [0, 0.05) is 6.04 Å². The summed E-state index contributed by atoms with van der Waals surface area (Å²) in [5.74, 6) is 0.980. The zero-order valence-corrected chi connectivity index (χ0v) is 13.2. The van der Waals surface area contributed by atoms with Gasteiger partial charge in [0.15, 0.2) is 0 Å². The van der Waals surface area contributed by atoms with Gasteiger partial charge in [-0.2, -0.15) is 0 Å². The van der Waals surface area contributed by atoms with E-state index in [4.69, 9.17) is 10.5 Å². The number of benzene rings is 2. The molecule has 1 atom stereocenters. The Balaban J connectivity index is 2.07. The molecule has 2 aromatic carbocycles. The summed E-state index contributed by atoms with van der Waals surface area (Å²) in [6.45, 7) is 6.95. The molecule has 112 valence electrons. The molecule has 0 saturated heterocycles. The second-order valence-electron chi connectivity index (χ2n) is 5.55. The number of ether oxygens (including phenoxy) is 1. The molecule has 0 saturated carbocycles. The summed E-state index contributed by atoms with van der Waals surface area (Å²) >= 11 is 0. The Kier molecular flexibility index (Phi) is 5.40. The lowest BCUT2D eigenvalue weighted by Gasteiger charge is -2.17. The molecular formula is C19H25NO. The molecule has 0 radical (unpaired) electrons. The van der Waals surface area contributed by atoms with Crippen LogP contribution in [0.25, 0.3) is 0 Å². The first-order valence-electron chi connectivity index (χ1n) is 7.65. The van der Waals surface area contributed by atoms with Gasteiger partial charge in [-0.25, -0.2) is 0 Å². The van der Waals surface area contributed by atoms with Crippen LogP contribution in [0.1, 0.15) is 41.6 Å². The smallest absolute Gasteiger partial charge is 0.122 e. The predicted octanol–water partition coefficient (Wildman–Crippen LogP) is 4.33. The third-order valence-electron chi connectivity index (χ3n) is 3.83. The minimum absolute atomic E-state index is 0.0691. The van der Waals surface area contributed by atoms with Crippen molar-refractivity contribution in [3.8, 4) is 5.75 Å². The molecule has 0 aliphatic rings. The van der Waals surface area contributed by atoms with Gasteiger partial charge < -0.3 is 10.5 Å². The molecule has 2 heteroatoms. The fraction of sp³-hybridized carbons (Fsp3) is 0.368. The monoisotopic (exact) mass is 283 g/mol. The van der Waals surface area contributed by atoms with E-state index in [1.165, 1.54) is 22.3 Å². The van der Waals surface area contributed by atoms with Crippen LogP contribution in [0.5, 0.6) is 5.75 Å². The van der Waals surface area contributed by atoms with Crippen LogP contribution < -0.4 is 10.5 Å². The Morgan fingerprint density at radius 3 is 2.62 bits per heavy atom. The van der Waals surface area contributed by atoms with Crippen LogP contribution in [0, 0.1) is 13.8 Å². The summed E-state index contributed by atoms with van der Waals surface area (Å²) in [5, 5.41) is 0. The zero-order valence-electron chi connectivity index (χ0n) is 13.2. The van der Waals surface area contributed by atoms with Crippen LogP contribution in [0.2, 0.25) is 0 Å². The average Bonchev–Trinajstić information content (AvgIpc) is 2.49. The van der Waals surface area contributed by atoms with E-state index in [-0.39, 0.29) is 6.04 Å². The van der Waals surface area contributed by atoms with Crippen molar-refractivity contribution >= 4 is 0 Å². The highest BCUT2D eigenvalue weighted by Crippen LogP contribution is 2.25. The lowest BCUT2D eigenvalue weighted by molar-refractivity contribution is 0.336. The summed E-state index contributed by atoms with van der Waals surface area (Å²) in [4.78, 5) is 0. The van der Waals surface area contributed by atoms with E-state index in [1.54, 1.807) is 0 Å². The van der Waals surface area contributed by atoms with Crippen molar-refractivity contribution in [2.24, 2.45) is 5.73 Å². The van der Waals surface area contributed by atoms with Crippen LogP contribution in [-0.2, 0) is 6.42 Å². The van der Waals surface area contributed by atoms with Crippen molar-refractivity contribution in [3.63, 3.8) is 0 Å². The molecule has 2 rings (SSSR count). The largest absolute Gasteiger partial charge is 0.494 e. The lowest BCUT2D eigenvalue weighted by atomic mass is 9.94. The van der Waals surface area contributed by atoms with E-state index in [0.717, 1.165) is 18.6 Å². The molecule has 0 amide bonds. The molecule has 0 fully saturated rings. The Morgan fingerprint density at radius 1 is 1.10 bits per heavy atom. The highest BCUT2D eigenvalue weighted by atomic mass is 16.5. The van der Waals surface area contributed by atoms with Gasteiger partial charge in [-0.15, -0.1) is 0 Å². The number of hydrogen-bond donors (Lipinski definition) is 1. The number of para-hydroxylation sites is 1. The summed E-state index contributed by atoms with van der Waals surface area (Å²) in [6, 6.07) is 14.8. The van der Waals surface area contributed by atoms with Gasteiger partial charge in [0.1, 0.15) is 5.75 Å². The van der Waals surface area contributed by atoms with E-state index in [0.29, 0.717) is 6.61 Å². The Bertz CT molecular complexity index is 592. The fourth-order valence-electron chi connectivity index (χ4n) is 2.63. The number of aryl methyl sites for hydroxylation is 3. The summed E-state index contributed by atoms with van der Waals surface area (Å²) < 4.78 is 5.68. The van der Waals surface area contributed by atoms with Crippen molar-refractivity contribution in [1.82, 2.24) is 0 Å². The maximum Gasteiger partial charge on any atom is 0.122 e. The molecule has 0 aliphatic carbocycles. The van der Waals surface area contributed by atoms with E-state index in [2.05, 4.69) is 44.2 Å². The van der Waals surface area contributed by atoms with Crippen LogP contribution in [0.15, 0.2) is 42.5 Å². The zero-order chi connectivity index (χ0) is 15.2. The van der Waals surface area contributed by atoms with Gasteiger partial charge in [0.25, 0.3) is 0 Å². The maximum absolute atomic E-state index is 6.40. The number of hydrogen-bond acceptors (Lipinski definition) is 2. The molecule has 0 aromatic heterocycles. The Hall–Kier alpha value is -1.80. The first-order valence-corrected chi connectivity index (χ1v) is 7.65. The molecule has 0 heterocycles. The quantitative estimate of drug-likeness (QED) is 0.856. The third-order valence-corrected chi connectivity index (χ3v) is 3.83. The highest BCUT2D eigenvalue weighted by Gasteiger charge is 2.11. The van der Waals surface area contributed by atoms with E-state index in [1.807, 2.05) is 19.1 Å². The van der Waals surface area contributed by atoms with Crippen molar-refractivity contribution < 1.29 is 4.74 Å². The molecule has 0 aliphatic heterocycles. The second-order valence-corrected chi connectivity index (χ2v) is 5.55. The molecule has 2 aromatic rings. The summed E-state index contributed by atoms with van der Waals surface area (Å²) in [5.41, 5.74) is 11.4. The lowest BCUT2D eigenvalue weighted by Crippen LogP contribution is -2.13. The summed E-state index contributed by atoms with van der Waals surface area (Å²) in [6.07, 6.45) is 1.86. The molecule has 21 heavy (non-hydrogen) atoms. The average molecular weight is 283 g/mol. The molecule has 2 N–H and O–H groups in total. The molecule has 0 bridgehead atoms. The predicted molar refractivity (Wildman–Crippen MR) is 88.8 cm³/mol. The number of rotatable bonds is 6. The van der Waals surface area contributed by atoms with Gasteiger partial charge in [-0.1, -0.05) is 42.0 Å². The third kappa shape index (κ3) is 4.08. The van der Waals surface area contributed by atoms with Crippen LogP contribution in [0.3, 0.4) is 0 Å². The Morgan fingerprint density at radius 2 is 1.86 bits per heavy atom. The van der Waals surface area contributed by atoms with Crippen molar-refractivity contribution in [3.05, 3.63) is 64.7 Å². The SMILES string of the molecule is CCOc1ccccc1CCC(N)c1cc(C)ccc1C. The number of nitrogens with two attached hydrogens (primary N) is 1. The topological polar surface area (TPSA) is 35.2 Å². The molecule has 0 spiro atoms. The van der Waals surface area contributed by atoms with Gasteiger partial charge in [0.05, 0.1) is 6.61 Å². The van der Waals surface area contributed by atoms with E-state index in [9.17, 15) is 0 Å². The second kappa shape index (κ2) is 7.28. The van der Waals surface area contributed by atoms with Crippen LogP contribution >= 0.6 is 0 Å². The molecule has 1 unspecified atom stereocenters. The summed E-state index contributed by atoms with van der Waals surface area (Å²) in [7, 11) is 0. The van der Waals surface area contributed by atoms with Crippen LogP contribution in [-0.4, -0.2) is 6.61 Å². The Labute approximate surface area is 127 Å². The molecular weight excluding hydrogens is 258 g/mol. The van der Waals surface area contributed by atoms with Crippen LogP contribution in [0.4, 0.5) is 0 Å². The standard InChI is InChI=1S/C19H25NO/c1-4-21-19-8-6-5-7-16(19)11-12-18(20)17-13-14(2)9-10-15(17)3/h5-10,13,18H,4,11-12,20H2,1-3H3. The first-order chi connectivity index (χ1) is 10.1. The van der Waals surface area contributed by atoms with E-state index < -0.39 is 0 Å². The van der Waals surface area contributed by atoms with Gasteiger partial charge in [-0.05, 0) is 56.4 Å². The van der Waals surface area contributed by atoms with Crippen molar-refractivity contribution in [1.29, 1.82) is 0 Å². The van der Waals surface area contributed by atoms with E-state index >= 15 is 0 Å². The fourth-order valence-corrected chi connectivity index (χ4v) is 2.63. The van der Waals surface area contributed by atoms with Gasteiger partial charge >= 0.3 is 0 Å². The minimum Gasteiger partial charge on any atom is -0.494 e. The van der Waals surface area contributed by atoms with Crippen molar-refractivity contribution in [2.75, 3.05) is 6.61 Å².